The standard InChI is InChI=1S/C26H25N5O2S/c1-3-31-14-13-21-19(15-31)22(18-11-7-8-12-20(18)29-21)24(32)30-26-27-16(2)23(34-26)25(33)28-17-9-5-4-6-10-17/h4-12H,3,13-15H2,1-2H3,(H,28,33)(H,27,30,32). The monoisotopic (exact) mass is 471 g/mol. The Labute approximate surface area is 201 Å². The molecule has 1 aliphatic heterocycles. The van der Waals surface area contributed by atoms with Crippen molar-refractivity contribution in [3.05, 3.63) is 82.0 Å². The molecule has 172 valence electrons. The van der Waals surface area contributed by atoms with Gasteiger partial charge in [0.15, 0.2) is 5.13 Å². The van der Waals surface area contributed by atoms with Gasteiger partial charge < -0.3 is 5.32 Å². The molecule has 0 aliphatic carbocycles. The lowest BCUT2D eigenvalue weighted by molar-refractivity contribution is 0.101. The van der Waals surface area contributed by atoms with Crippen molar-refractivity contribution in [3.63, 3.8) is 0 Å². The fourth-order valence-electron chi connectivity index (χ4n) is 4.30. The van der Waals surface area contributed by atoms with Crippen LogP contribution in [0.2, 0.25) is 0 Å². The molecule has 0 saturated carbocycles. The van der Waals surface area contributed by atoms with Crippen LogP contribution in [0.4, 0.5) is 10.8 Å². The van der Waals surface area contributed by atoms with Gasteiger partial charge in [0.2, 0.25) is 0 Å². The van der Waals surface area contributed by atoms with Gasteiger partial charge in [-0.05, 0) is 31.7 Å². The van der Waals surface area contributed by atoms with Crippen LogP contribution in [0.15, 0.2) is 54.6 Å². The number of benzene rings is 2. The first-order chi connectivity index (χ1) is 16.5. The zero-order chi connectivity index (χ0) is 23.7. The number of amides is 2. The summed E-state index contributed by atoms with van der Waals surface area (Å²) in [6, 6.07) is 17.0. The van der Waals surface area contributed by atoms with E-state index in [1.54, 1.807) is 6.92 Å². The van der Waals surface area contributed by atoms with Crippen molar-refractivity contribution in [1.29, 1.82) is 0 Å². The van der Waals surface area contributed by atoms with Gasteiger partial charge in [-0.1, -0.05) is 54.7 Å². The minimum atomic E-state index is -0.243. The van der Waals surface area contributed by atoms with Crippen LogP contribution >= 0.6 is 11.3 Å². The molecule has 4 aromatic rings. The van der Waals surface area contributed by atoms with Crippen LogP contribution in [-0.2, 0) is 13.0 Å². The van der Waals surface area contributed by atoms with Gasteiger partial charge in [-0.3, -0.25) is 24.8 Å². The maximum atomic E-state index is 13.6. The lowest BCUT2D eigenvalue weighted by Crippen LogP contribution is -2.33. The lowest BCUT2D eigenvalue weighted by atomic mass is 9.95. The van der Waals surface area contributed by atoms with E-state index in [9.17, 15) is 9.59 Å². The predicted molar refractivity (Wildman–Crippen MR) is 136 cm³/mol. The molecule has 5 rings (SSSR count). The molecule has 7 nitrogen and oxygen atoms in total. The molecule has 0 fully saturated rings. The maximum Gasteiger partial charge on any atom is 0.267 e. The van der Waals surface area contributed by atoms with Crippen molar-refractivity contribution < 1.29 is 9.59 Å². The van der Waals surface area contributed by atoms with E-state index in [1.165, 1.54) is 11.3 Å². The molecule has 2 N–H and O–H groups in total. The van der Waals surface area contributed by atoms with E-state index >= 15 is 0 Å². The third-order valence-electron chi connectivity index (χ3n) is 6.05. The number of para-hydroxylation sites is 2. The Hall–Kier alpha value is -3.62. The van der Waals surface area contributed by atoms with Crippen molar-refractivity contribution in [1.82, 2.24) is 14.9 Å². The maximum absolute atomic E-state index is 13.6. The van der Waals surface area contributed by atoms with E-state index in [0.29, 0.717) is 33.5 Å². The number of pyridine rings is 1. The molecule has 0 unspecified atom stereocenters. The van der Waals surface area contributed by atoms with Crippen molar-refractivity contribution in [2.75, 3.05) is 23.7 Å². The van der Waals surface area contributed by atoms with E-state index in [1.807, 2.05) is 54.6 Å². The zero-order valence-electron chi connectivity index (χ0n) is 19.1. The number of thiazole rings is 1. The van der Waals surface area contributed by atoms with Gasteiger partial charge >= 0.3 is 0 Å². The molecule has 0 atom stereocenters. The summed E-state index contributed by atoms with van der Waals surface area (Å²) in [5, 5.41) is 7.06. The fourth-order valence-corrected chi connectivity index (χ4v) is 5.16. The highest BCUT2D eigenvalue weighted by Crippen LogP contribution is 2.30. The predicted octanol–water partition coefficient (Wildman–Crippen LogP) is 4.88. The van der Waals surface area contributed by atoms with Crippen LogP contribution in [0.3, 0.4) is 0 Å². The van der Waals surface area contributed by atoms with Crippen molar-refractivity contribution in [3.8, 4) is 0 Å². The van der Waals surface area contributed by atoms with Gasteiger partial charge in [0.25, 0.3) is 11.8 Å². The molecule has 2 aromatic heterocycles. The average Bonchev–Trinajstić information content (AvgIpc) is 3.22. The second kappa shape index (κ2) is 9.32. The number of hydrogen-bond donors (Lipinski definition) is 2. The Morgan fingerprint density at radius 2 is 1.76 bits per heavy atom. The Balaban J connectivity index is 1.46. The van der Waals surface area contributed by atoms with Gasteiger partial charge in [0.1, 0.15) is 4.88 Å². The molecular weight excluding hydrogens is 446 g/mol. The van der Waals surface area contributed by atoms with E-state index < -0.39 is 0 Å². The molecule has 0 saturated heterocycles. The number of fused-ring (bicyclic) bond motifs is 2. The van der Waals surface area contributed by atoms with E-state index in [2.05, 4.69) is 27.4 Å². The van der Waals surface area contributed by atoms with Crippen LogP contribution in [0.25, 0.3) is 10.9 Å². The van der Waals surface area contributed by atoms with E-state index in [0.717, 1.165) is 41.7 Å². The molecule has 8 heteroatoms. The summed E-state index contributed by atoms with van der Waals surface area (Å²) < 4.78 is 0. The number of nitrogens with one attached hydrogen (secondary N) is 2. The van der Waals surface area contributed by atoms with E-state index in [4.69, 9.17) is 4.98 Å². The summed E-state index contributed by atoms with van der Waals surface area (Å²) in [5.41, 5.74) is 4.69. The second-order valence-electron chi connectivity index (χ2n) is 8.26. The molecular formula is C26H25N5O2S. The SMILES string of the molecule is CCN1CCc2nc3ccccc3c(C(=O)Nc3nc(C)c(C(=O)Nc4ccccc4)s3)c2C1. The highest BCUT2D eigenvalue weighted by Gasteiger charge is 2.26. The smallest absolute Gasteiger partial charge is 0.267 e. The number of carbonyl (C=O) groups is 2. The van der Waals surface area contributed by atoms with Crippen LogP contribution in [0, 0.1) is 6.92 Å². The number of aryl methyl sites for hydroxylation is 1. The first-order valence-corrected chi connectivity index (χ1v) is 12.1. The third-order valence-corrected chi connectivity index (χ3v) is 7.13. The highest BCUT2D eigenvalue weighted by molar-refractivity contribution is 7.17. The number of anilines is 2. The van der Waals surface area contributed by atoms with Gasteiger partial charge in [0.05, 0.1) is 16.8 Å². The van der Waals surface area contributed by atoms with Crippen LogP contribution in [-0.4, -0.2) is 39.8 Å². The lowest BCUT2D eigenvalue weighted by Gasteiger charge is -2.29. The first-order valence-electron chi connectivity index (χ1n) is 11.3. The summed E-state index contributed by atoms with van der Waals surface area (Å²) in [7, 11) is 0. The molecule has 1 aliphatic rings. The molecule has 0 spiro atoms. The largest absolute Gasteiger partial charge is 0.321 e. The molecule has 34 heavy (non-hydrogen) atoms. The number of nitrogens with zero attached hydrogens (tertiary/aromatic N) is 3. The fraction of sp³-hybridized carbons (Fsp3) is 0.231. The number of rotatable bonds is 5. The van der Waals surface area contributed by atoms with Gasteiger partial charge in [-0.25, -0.2) is 4.98 Å². The average molecular weight is 472 g/mol. The van der Waals surface area contributed by atoms with Crippen molar-refractivity contribution in [2.24, 2.45) is 0 Å². The normalized spacial score (nSPS) is 13.5. The van der Waals surface area contributed by atoms with Crippen molar-refractivity contribution in [2.45, 2.75) is 26.8 Å². The minimum absolute atomic E-state index is 0.225. The number of hydrogen-bond acceptors (Lipinski definition) is 6. The molecule has 0 bridgehead atoms. The quantitative estimate of drug-likeness (QED) is 0.433. The van der Waals surface area contributed by atoms with E-state index in [-0.39, 0.29) is 11.8 Å². The number of aromatic nitrogens is 2. The van der Waals surface area contributed by atoms with Gasteiger partial charge in [0, 0.05) is 41.8 Å². The van der Waals surface area contributed by atoms with Crippen LogP contribution < -0.4 is 10.6 Å². The van der Waals surface area contributed by atoms with Crippen LogP contribution in [0.1, 0.15) is 43.9 Å². The highest BCUT2D eigenvalue weighted by atomic mass is 32.1. The topological polar surface area (TPSA) is 87.2 Å². The Kier molecular flexibility index (Phi) is 6.08. The number of carbonyl (C=O) groups excluding carboxylic acids is 2. The summed E-state index contributed by atoms with van der Waals surface area (Å²) in [6.07, 6.45) is 0.814. The summed E-state index contributed by atoms with van der Waals surface area (Å²) in [6.45, 7) is 6.43. The summed E-state index contributed by atoms with van der Waals surface area (Å²) >= 11 is 1.18. The summed E-state index contributed by atoms with van der Waals surface area (Å²) in [4.78, 5) is 38.4. The second-order valence-corrected chi connectivity index (χ2v) is 9.25. The molecule has 2 amide bonds. The van der Waals surface area contributed by atoms with Crippen molar-refractivity contribution >= 4 is 44.9 Å². The third kappa shape index (κ3) is 4.30. The zero-order valence-corrected chi connectivity index (χ0v) is 19.9. The molecule has 2 aromatic carbocycles. The molecule has 3 heterocycles. The Morgan fingerprint density at radius 1 is 1.00 bits per heavy atom. The summed E-state index contributed by atoms with van der Waals surface area (Å²) in [5.74, 6) is -0.469. The first kappa shape index (κ1) is 22.2. The van der Waals surface area contributed by atoms with Crippen LogP contribution in [0.5, 0.6) is 0 Å². The number of likely N-dealkylation sites (N-methyl/N-ethyl adjacent to an activating group) is 1. The molecule has 0 radical (unpaired) electrons. The van der Waals surface area contributed by atoms with Gasteiger partial charge in [-0.2, -0.15) is 0 Å². The Bertz CT molecular complexity index is 1380. The Morgan fingerprint density at radius 3 is 2.56 bits per heavy atom. The van der Waals surface area contributed by atoms with Gasteiger partial charge in [-0.15, -0.1) is 0 Å². The minimum Gasteiger partial charge on any atom is -0.321 e.